The van der Waals surface area contributed by atoms with Crippen LogP contribution in [0.3, 0.4) is 0 Å². The number of thioether (sulfide) groups is 1. The van der Waals surface area contributed by atoms with Gasteiger partial charge in [0.05, 0.1) is 5.25 Å². The van der Waals surface area contributed by atoms with E-state index in [9.17, 15) is 0 Å². The van der Waals surface area contributed by atoms with E-state index >= 15 is 0 Å². The Hall–Kier alpha value is 0.01000. The summed E-state index contributed by atoms with van der Waals surface area (Å²) in [5, 5.41) is 6.36. The first-order valence-electron chi connectivity index (χ1n) is 4.24. The lowest BCUT2D eigenvalue weighted by Crippen LogP contribution is -2.36. The van der Waals surface area contributed by atoms with Crippen molar-refractivity contribution in [2.45, 2.75) is 18.2 Å². The van der Waals surface area contributed by atoms with Crippen LogP contribution in [0.5, 0.6) is 0 Å². The first-order chi connectivity index (χ1) is 5.86. The SMILES string of the molecule is C[C@H]1CSC(c2cccs2)CN1. The summed E-state index contributed by atoms with van der Waals surface area (Å²) in [5.74, 6) is 1.24. The minimum absolute atomic E-state index is 0.686. The van der Waals surface area contributed by atoms with E-state index in [1.807, 2.05) is 11.3 Å². The summed E-state index contributed by atoms with van der Waals surface area (Å²) in [6, 6.07) is 5.06. The van der Waals surface area contributed by atoms with Gasteiger partial charge in [0.1, 0.15) is 0 Å². The van der Waals surface area contributed by atoms with Gasteiger partial charge < -0.3 is 5.32 Å². The molecule has 1 aromatic heterocycles. The summed E-state index contributed by atoms with van der Waals surface area (Å²) in [6.45, 7) is 3.38. The topological polar surface area (TPSA) is 12.0 Å². The predicted octanol–water partition coefficient (Wildman–Crippen LogP) is 2.51. The van der Waals surface area contributed by atoms with Crippen molar-refractivity contribution in [3.8, 4) is 0 Å². The largest absolute Gasteiger partial charge is 0.312 e. The standard InChI is InChI=1S/C9H13NS2/c1-7-6-12-9(5-10-7)8-3-2-4-11-8/h2-4,7,9-10H,5-6H2,1H3/t7-,9?/m0/s1. The molecule has 0 amide bonds. The molecule has 12 heavy (non-hydrogen) atoms. The summed E-state index contributed by atoms with van der Waals surface area (Å²) >= 11 is 3.95. The van der Waals surface area contributed by atoms with Crippen LogP contribution >= 0.6 is 23.1 Å². The Balaban J connectivity index is 1.99. The first-order valence-corrected chi connectivity index (χ1v) is 6.17. The molecule has 0 aliphatic carbocycles. The smallest absolute Gasteiger partial charge is 0.0516 e. The summed E-state index contributed by atoms with van der Waals surface area (Å²) in [6.07, 6.45) is 0. The summed E-state index contributed by atoms with van der Waals surface area (Å²) < 4.78 is 0. The molecule has 1 aliphatic heterocycles. The Bertz CT molecular complexity index is 225. The molecule has 2 atom stereocenters. The Kier molecular flexibility index (Phi) is 2.73. The third kappa shape index (κ3) is 1.84. The van der Waals surface area contributed by atoms with E-state index in [4.69, 9.17) is 0 Å². The van der Waals surface area contributed by atoms with Crippen molar-refractivity contribution in [2.75, 3.05) is 12.3 Å². The second kappa shape index (κ2) is 3.81. The Morgan fingerprint density at radius 1 is 1.58 bits per heavy atom. The van der Waals surface area contributed by atoms with Crippen molar-refractivity contribution >= 4 is 23.1 Å². The van der Waals surface area contributed by atoms with Crippen LogP contribution in [0, 0.1) is 0 Å². The highest BCUT2D eigenvalue weighted by Crippen LogP contribution is 2.33. The quantitative estimate of drug-likeness (QED) is 0.746. The van der Waals surface area contributed by atoms with Crippen molar-refractivity contribution in [3.63, 3.8) is 0 Å². The number of rotatable bonds is 1. The Morgan fingerprint density at radius 3 is 3.08 bits per heavy atom. The van der Waals surface area contributed by atoms with Gasteiger partial charge in [0.25, 0.3) is 0 Å². The molecule has 2 rings (SSSR count). The zero-order valence-corrected chi connectivity index (χ0v) is 8.75. The summed E-state index contributed by atoms with van der Waals surface area (Å²) in [4.78, 5) is 1.51. The van der Waals surface area contributed by atoms with Crippen LogP contribution in [0.2, 0.25) is 0 Å². The van der Waals surface area contributed by atoms with Crippen molar-refractivity contribution in [3.05, 3.63) is 22.4 Å². The second-order valence-corrected chi connectivity index (χ2v) is 5.36. The molecule has 1 aromatic rings. The monoisotopic (exact) mass is 199 g/mol. The molecule has 1 fully saturated rings. The van der Waals surface area contributed by atoms with E-state index < -0.39 is 0 Å². The molecule has 1 N–H and O–H groups in total. The molecule has 0 bridgehead atoms. The summed E-state index contributed by atoms with van der Waals surface area (Å²) in [7, 11) is 0. The fourth-order valence-corrected chi connectivity index (χ4v) is 3.52. The van der Waals surface area contributed by atoms with Crippen molar-refractivity contribution in [2.24, 2.45) is 0 Å². The number of hydrogen-bond acceptors (Lipinski definition) is 3. The van der Waals surface area contributed by atoms with Gasteiger partial charge in [0, 0.05) is 23.2 Å². The third-order valence-electron chi connectivity index (χ3n) is 2.06. The van der Waals surface area contributed by atoms with Gasteiger partial charge in [-0.05, 0) is 18.4 Å². The average molecular weight is 199 g/mol. The predicted molar refractivity (Wildman–Crippen MR) is 57.0 cm³/mol. The zero-order chi connectivity index (χ0) is 8.39. The average Bonchev–Trinajstić information content (AvgIpc) is 2.58. The highest BCUT2D eigenvalue weighted by atomic mass is 32.2. The van der Waals surface area contributed by atoms with Gasteiger partial charge in [-0.15, -0.1) is 23.1 Å². The van der Waals surface area contributed by atoms with Crippen molar-refractivity contribution < 1.29 is 0 Å². The van der Waals surface area contributed by atoms with E-state index in [1.165, 1.54) is 10.6 Å². The van der Waals surface area contributed by atoms with Gasteiger partial charge in [-0.25, -0.2) is 0 Å². The first kappa shape index (κ1) is 8.60. The molecule has 1 aliphatic rings. The normalized spacial score (nSPS) is 30.4. The lowest BCUT2D eigenvalue weighted by molar-refractivity contribution is 0.575. The number of thiophene rings is 1. The van der Waals surface area contributed by atoms with E-state index in [-0.39, 0.29) is 0 Å². The highest BCUT2D eigenvalue weighted by molar-refractivity contribution is 7.99. The van der Waals surface area contributed by atoms with Gasteiger partial charge in [-0.2, -0.15) is 0 Å². The molecule has 1 unspecified atom stereocenters. The van der Waals surface area contributed by atoms with Crippen LogP contribution in [0.15, 0.2) is 17.5 Å². The molecule has 2 heterocycles. The minimum Gasteiger partial charge on any atom is -0.312 e. The fraction of sp³-hybridized carbons (Fsp3) is 0.556. The van der Waals surface area contributed by atoms with Gasteiger partial charge in [0.15, 0.2) is 0 Å². The second-order valence-electron chi connectivity index (χ2n) is 3.15. The lowest BCUT2D eigenvalue weighted by atomic mass is 10.3. The maximum absolute atomic E-state index is 3.51. The third-order valence-corrected chi connectivity index (χ3v) is 4.71. The van der Waals surface area contributed by atoms with Crippen LogP contribution in [0.25, 0.3) is 0 Å². The molecule has 0 saturated carbocycles. The van der Waals surface area contributed by atoms with Crippen molar-refractivity contribution in [1.82, 2.24) is 5.32 Å². The van der Waals surface area contributed by atoms with Crippen LogP contribution < -0.4 is 5.32 Å². The van der Waals surface area contributed by atoms with Crippen molar-refractivity contribution in [1.29, 1.82) is 0 Å². The maximum atomic E-state index is 3.51. The number of hydrogen-bond donors (Lipinski definition) is 1. The number of nitrogens with one attached hydrogen (secondary N) is 1. The van der Waals surface area contributed by atoms with Crippen LogP contribution in [0.4, 0.5) is 0 Å². The molecule has 0 spiro atoms. The molecular formula is C9H13NS2. The lowest BCUT2D eigenvalue weighted by Gasteiger charge is -2.26. The minimum atomic E-state index is 0.686. The van der Waals surface area contributed by atoms with Gasteiger partial charge in [-0.3, -0.25) is 0 Å². The molecule has 0 radical (unpaired) electrons. The van der Waals surface area contributed by atoms with Crippen LogP contribution in [0.1, 0.15) is 17.1 Å². The van der Waals surface area contributed by atoms with Crippen LogP contribution in [-0.4, -0.2) is 18.3 Å². The molecule has 3 heteroatoms. The molecule has 66 valence electrons. The molecule has 1 saturated heterocycles. The van der Waals surface area contributed by atoms with Gasteiger partial charge >= 0.3 is 0 Å². The molecule has 1 nitrogen and oxygen atoms in total. The van der Waals surface area contributed by atoms with E-state index in [1.54, 1.807) is 0 Å². The maximum Gasteiger partial charge on any atom is 0.0516 e. The van der Waals surface area contributed by atoms with Gasteiger partial charge in [-0.1, -0.05) is 6.07 Å². The highest BCUT2D eigenvalue weighted by Gasteiger charge is 2.19. The van der Waals surface area contributed by atoms with E-state index in [0.29, 0.717) is 11.3 Å². The molecular weight excluding hydrogens is 186 g/mol. The van der Waals surface area contributed by atoms with E-state index in [0.717, 1.165) is 6.54 Å². The fourth-order valence-electron chi connectivity index (χ4n) is 1.34. The Morgan fingerprint density at radius 2 is 2.50 bits per heavy atom. The Labute approximate surface area is 81.6 Å². The van der Waals surface area contributed by atoms with E-state index in [2.05, 4.69) is 41.5 Å². The summed E-state index contributed by atoms with van der Waals surface area (Å²) in [5.41, 5.74) is 0. The van der Waals surface area contributed by atoms with Crippen LogP contribution in [-0.2, 0) is 0 Å². The zero-order valence-electron chi connectivity index (χ0n) is 7.12. The van der Waals surface area contributed by atoms with Gasteiger partial charge in [0.2, 0.25) is 0 Å². The molecule has 0 aromatic carbocycles.